The van der Waals surface area contributed by atoms with E-state index in [9.17, 15) is 9.59 Å². The van der Waals surface area contributed by atoms with E-state index in [0.717, 1.165) is 68.7 Å². The van der Waals surface area contributed by atoms with Gasteiger partial charge in [-0.3, -0.25) is 9.59 Å². The minimum Gasteiger partial charge on any atom is -0.467 e. The molecule has 2 fully saturated rings. The summed E-state index contributed by atoms with van der Waals surface area (Å²) >= 11 is 0. The van der Waals surface area contributed by atoms with Crippen molar-refractivity contribution in [3.63, 3.8) is 0 Å². The molecule has 6 nitrogen and oxygen atoms in total. The van der Waals surface area contributed by atoms with Crippen molar-refractivity contribution in [1.29, 1.82) is 0 Å². The Balaban J connectivity index is 1.13. The summed E-state index contributed by atoms with van der Waals surface area (Å²) in [6.07, 6.45) is 5.36. The standard InChI is InChI=1S/C30H35N3O3/c34-29(31-22-27-12-7-21-36-27)25-13-17-32(18-14-25)26-15-19-33(20-16-26)30(35)28(23-8-3-1-4-9-23)24-10-5-2-6-11-24/h1-12,21,25-26,28H,13-20,22H2,(H,31,34). The van der Waals surface area contributed by atoms with E-state index >= 15 is 0 Å². The van der Waals surface area contributed by atoms with E-state index in [1.807, 2.05) is 48.5 Å². The molecule has 1 N–H and O–H groups in total. The van der Waals surface area contributed by atoms with Crippen LogP contribution in [0.15, 0.2) is 83.5 Å². The van der Waals surface area contributed by atoms with Gasteiger partial charge in [-0.15, -0.1) is 0 Å². The molecular formula is C30H35N3O3. The van der Waals surface area contributed by atoms with Crippen molar-refractivity contribution in [2.75, 3.05) is 26.2 Å². The van der Waals surface area contributed by atoms with Crippen molar-refractivity contribution in [1.82, 2.24) is 15.1 Å². The van der Waals surface area contributed by atoms with Gasteiger partial charge in [0.25, 0.3) is 0 Å². The van der Waals surface area contributed by atoms with E-state index in [1.54, 1.807) is 6.26 Å². The molecule has 0 atom stereocenters. The number of hydrogen-bond acceptors (Lipinski definition) is 4. The third kappa shape index (κ3) is 5.71. The SMILES string of the molecule is O=C(NCc1ccco1)C1CCN(C2CCN(C(=O)C(c3ccccc3)c3ccccc3)CC2)CC1. The van der Waals surface area contributed by atoms with Gasteiger partial charge in [0.1, 0.15) is 5.76 Å². The number of nitrogens with one attached hydrogen (secondary N) is 1. The number of carbonyl (C=O) groups is 2. The zero-order valence-corrected chi connectivity index (χ0v) is 20.7. The van der Waals surface area contributed by atoms with Gasteiger partial charge in [-0.05, 0) is 62.0 Å². The average Bonchev–Trinajstić information content (AvgIpc) is 3.47. The number of rotatable bonds is 7. The van der Waals surface area contributed by atoms with Crippen molar-refractivity contribution in [2.45, 2.75) is 44.2 Å². The lowest BCUT2D eigenvalue weighted by Crippen LogP contribution is -2.50. The van der Waals surface area contributed by atoms with E-state index in [4.69, 9.17) is 4.42 Å². The lowest BCUT2D eigenvalue weighted by molar-refractivity contribution is -0.134. The molecule has 2 aromatic carbocycles. The highest BCUT2D eigenvalue weighted by Gasteiger charge is 2.34. The maximum Gasteiger partial charge on any atom is 0.234 e. The normalized spacial score (nSPS) is 17.9. The summed E-state index contributed by atoms with van der Waals surface area (Å²) in [5.74, 6) is 0.899. The Kier molecular flexibility index (Phi) is 7.82. The van der Waals surface area contributed by atoms with Gasteiger partial charge in [-0.25, -0.2) is 0 Å². The largest absolute Gasteiger partial charge is 0.467 e. The van der Waals surface area contributed by atoms with Gasteiger partial charge in [0.05, 0.1) is 18.7 Å². The number of likely N-dealkylation sites (tertiary alicyclic amines) is 2. The monoisotopic (exact) mass is 485 g/mol. The fourth-order valence-corrected chi connectivity index (χ4v) is 5.66. The van der Waals surface area contributed by atoms with Crippen LogP contribution in [0.25, 0.3) is 0 Å². The van der Waals surface area contributed by atoms with E-state index in [2.05, 4.69) is 39.4 Å². The van der Waals surface area contributed by atoms with Crippen LogP contribution in [-0.2, 0) is 16.1 Å². The topological polar surface area (TPSA) is 65.8 Å². The van der Waals surface area contributed by atoms with Crippen molar-refractivity contribution in [3.05, 3.63) is 95.9 Å². The molecule has 1 aromatic heterocycles. The predicted octanol–water partition coefficient (Wildman–Crippen LogP) is 4.43. The maximum absolute atomic E-state index is 13.7. The molecule has 0 spiro atoms. The van der Waals surface area contributed by atoms with Gasteiger partial charge in [0.15, 0.2) is 0 Å². The maximum atomic E-state index is 13.7. The zero-order chi connectivity index (χ0) is 24.7. The summed E-state index contributed by atoms with van der Waals surface area (Å²) in [5.41, 5.74) is 2.09. The van der Waals surface area contributed by atoms with Crippen molar-refractivity contribution in [2.24, 2.45) is 5.92 Å². The van der Waals surface area contributed by atoms with Gasteiger partial charge < -0.3 is 19.5 Å². The van der Waals surface area contributed by atoms with Gasteiger partial charge in [-0.1, -0.05) is 60.7 Å². The van der Waals surface area contributed by atoms with Gasteiger partial charge in [0, 0.05) is 25.0 Å². The van der Waals surface area contributed by atoms with Crippen LogP contribution >= 0.6 is 0 Å². The van der Waals surface area contributed by atoms with E-state index in [-0.39, 0.29) is 23.7 Å². The number of carbonyl (C=O) groups excluding carboxylic acids is 2. The molecule has 188 valence electrons. The molecule has 0 unspecified atom stereocenters. The molecule has 0 bridgehead atoms. The molecule has 5 rings (SSSR count). The first-order valence-corrected chi connectivity index (χ1v) is 13.1. The predicted molar refractivity (Wildman–Crippen MR) is 139 cm³/mol. The molecule has 2 saturated heterocycles. The molecule has 2 aliphatic rings. The smallest absolute Gasteiger partial charge is 0.234 e. The first-order valence-electron chi connectivity index (χ1n) is 13.1. The van der Waals surface area contributed by atoms with E-state index < -0.39 is 0 Å². The Bertz CT molecular complexity index is 1060. The molecule has 0 aliphatic carbocycles. The van der Waals surface area contributed by atoms with Gasteiger partial charge in [-0.2, -0.15) is 0 Å². The number of piperidine rings is 2. The fourth-order valence-electron chi connectivity index (χ4n) is 5.66. The van der Waals surface area contributed by atoms with Gasteiger partial charge >= 0.3 is 0 Å². The molecule has 0 radical (unpaired) electrons. The first-order chi connectivity index (χ1) is 17.7. The van der Waals surface area contributed by atoms with Crippen LogP contribution in [-0.4, -0.2) is 53.8 Å². The van der Waals surface area contributed by atoms with Crippen molar-refractivity contribution >= 4 is 11.8 Å². The second kappa shape index (κ2) is 11.6. The number of nitrogens with zero attached hydrogens (tertiary/aromatic N) is 2. The Morgan fingerprint density at radius 1 is 0.806 bits per heavy atom. The van der Waals surface area contributed by atoms with Crippen LogP contribution < -0.4 is 5.32 Å². The number of benzene rings is 2. The van der Waals surface area contributed by atoms with E-state index in [0.29, 0.717) is 12.6 Å². The molecular weight excluding hydrogens is 450 g/mol. The Hall–Kier alpha value is -3.38. The second-order valence-electron chi connectivity index (χ2n) is 9.92. The lowest BCUT2D eigenvalue weighted by atomic mass is 9.88. The molecule has 2 amide bonds. The molecule has 3 aromatic rings. The third-order valence-electron chi connectivity index (χ3n) is 7.72. The summed E-state index contributed by atoms with van der Waals surface area (Å²) in [7, 11) is 0. The van der Waals surface area contributed by atoms with Crippen LogP contribution in [0.2, 0.25) is 0 Å². The first kappa shape index (κ1) is 24.3. The highest BCUT2D eigenvalue weighted by molar-refractivity contribution is 5.87. The molecule has 6 heteroatoms. The third-order valence-corrected chi connectivity index (χ3v) is 7.72. The molecule has 36 heavy (non-hydrogen) atoms. The van der Waals surface area contributed by atoms with Crippen LogP contribution in [0.3, 0.4) is 0 Å². The highest BCUT2D eigenvalue weighted by atomic mass is 16.3. The lowest BCUT2D eigenvalue weighted by Gasteiger charge is -2.42. The minimum atomic E-state index is -0.264. The Labute approximate surface area is 213 Å². The molecule has 2 aliphatic heterocycles. The summed E-state index contributed by atoms with van der Waals surface area (Å²) in [5, 5.41) is 3.01. The quantitative estimate of drug-likeness (QED) is 0.538. The summed E-state index contributed by atoms with van der Waals surface area (Å²) in [6.45, 7) is 3.89. The average molecular weight is 486 g/mol. The summed E-state index contributed by atoms with van der Waals surface area (Å²) in [4.78, 5) is 30.9. The van der Waals surface area contributed by atoms with Crippen LogP contribution in [0.4, 0.5) is 0 Å². The van der Waals surface area contributed by atoms with E-state index in [1.165, 1.54) is 0 Å². The zero-order valence-electron chi connectivity index (χ0n) is 20.7. The minimum absolute atomic E-state index is 0.0652. The van der Waals surface area contributed by atoms with Crippen molar-refractivity contribution in [3.8, 4) is 0 Å². The fraction of sp³-hybridized carbons (Fsp3) is 0.400. The summed E-state index contributed by atoms with van der Waals surface area (Å²) < 4.78 is 5.31. The second-order valence-corrected chi connectivity index (χ2v) is 9.92. The number of hydrogen-bond donors (Lipinski definition) is 1. The molecule has 0 saturated carbocycles. The number of furan rings is 1. The van der Waals surface area contributed by atoms with Crippen LogP contribution in [0.1, 0.15) is 48.5 Å². The Morgan fingerprint density at radius 2 is 1.42 bits per heavy atom. The Morgan fingerprint density at radius 3 is 1.97 bits per heavy atom. The van der Waals surface area contributed by atoms with Crippen LogP contribution in [0.5, 0.6) is 0 Å². The highest BCUT2D eigenvalue weighted by Crippen LogP contribution is 2.30. The molecule has 3 heterocycles. The number of amides is 2. The summed E-state index contributed by atoms with van der Waals surface area (Å²) in [6, 6.07) is 24.4. The van der Waals surface area contributed by atoms with Gasteiger partial charge in [0.2, 0.25) is 11.8 Å². The van der Waals surface area contributed by atoms with Crippen molar-refractivity contribution < 1.29 is 14.0 Å². The van der Waals surface area contributed by atoms with Crippen LogP contribution in [0, 0.1) is 5.92 Å².